The maximum absolute atomic E-state index is 13.1. The summed E-state index contributed by atoms with van der Waals surface area (Å²) < 4.78 is 10.5. The molecular formula is C26H20BrN5O5. The Balaban J connectivity index is 1.37. The highest BCUT2D eigenvalue weighted by molar-refractivity contribution is 9.10. The van der Waals surface area contributed by atoms with Gasteiger partial charge in [0.2, 0.25) is 5.91 Å². The SMILES string of the molecule is COc1cccc(CC(=O)Nc2cccc3cc(C(=O)Nc4ccc(Br)cc4-c4noc(=O)[nH]4)[nH]c23)c1. The number of amides is 2. The van der Waals surface area contributed by atoms with Crippen LogP contribution in [-0.2, 0) is 11.2 Å². The second-order valence-corrected chi connectivity index (χ2v) is 9.03. The number of aromatic nitrogens is 3. The summed E-state index contributed by atoms with van der Waals surface area (Å²) in [5, 5.41) is 10.2. The second kappa shape index (κ2) is 10.2. The summed E-state index contributed by atoms with van der Waals surface area (Å²) in [6.07, 6.45) is 0.165. The summed E-state index contributed by atoms with van der Waals surface area (Å²) in [6.45, 7) is 0. The lowest BCUT2D eigenvalue weighted by molar-refractivity contribution is -0.115. The average Bonchev–Trinajstić information content (AvgIpc) is 3.52. The number of H-pyrrole nitrogens is 2. The molecule has 2 heterocycles. The van der Waals surface area contributed by atoms with Crippen molar-refractivity contribution in [1.82, 2.24) is 15.1 Å². The molecule has 0 bridgehead atoms. The molecule has 0 aliphatic heterocycles. The highest BCUT2D eigenvalue weighted by Crippen LogP contribution is 2.30. The highest BCUT2D eigenvalue weighted by Gasteiger charge is 2.17. The van der Waals surface area contributed by atoms with Gasteiger partial charge in [-0.05, 0) is 48.0 Å². The first kappa shape index (κ1) is 24.1. The minimum Gasteiger partial charge on any atom is -0.497 e. The van der Waals surface area contributed by atoms with Crippen LogP contribution in [0.5, 0.6) is 5.75 Å². The van der Waals surface area contributed by atoms with Crippen molar-refractivity contribution in [3.05, 3.63) is 93.0 Å². The number of carbonyl (C=O) groups excluding carboxylic acids is 2. The molecule has 0 spiro atoms. The molecule has 11 heteroatoms. The van der Waals surface area contributed by atoms with E-state index in [1.165, 1.54) is 0 Å². The highest BCUT2D eigenvalue weighted by atomic mass is 79.9. The third kappa shape index (κ3) is 5.31. The van der Waals surface area contributed by atoms with Crippen LogP contribution in [-0.4, -0.2) is 34.0 Å². The average molecular weight is 562 g/mol. The predicted molar refractivity (Wildman–Crippen MR) is 142 cm³/mol. The number of anilines is 2. The van der Waals surface area contributed by atoms with E-state index in [2.05, 4.69) is 46.2 Å². The Bertz CT molecular complexity index is 1690. The number of hydrogen-bond donors (Lipinski definition) is 4. The Morgan fingerprint density at radius 3 is 2.62 bits per heavy atom. The third-order valence-corrected chi connectivity index (χ3v) is 6.09. The number of halogens is 1. The minimum absolute atomic E-state index is 0.165. The first-order chi connectivity index (χ1) is 17.9. The Labute approximate surface area is 218 Å². The van der Waals surface area contributed by atoms with Gasteiger partial charge in [0, 0.05) is 15.4 Å². The van der Waals surface area contributed by atoms with Gasteiger partial charge in [-0.25, -0.2) is 4.79 Å². The van der Waals surface area contributed by atoms with E-state index in [0.717, 1.165) is 15.4 Å². The monoisotopic (exact) mass is 561 g/mol. The number of aromatic amines is 2. The summed E-state index contributed by atoms with van der Waals surface area (Å²) in [7, 11) is 1.57. The first-order valence-electron chi connectivity index (χ1n) is 11.1. The van der Waals surface area contributed by atoms with Gasteiger partial charge >= 0.3 is 5.76 Å². The van der Waals surface area contributed by atoms with Crippen molar-refractivity contribution < 1.29 is 18.8 Å². The molecule has 4 N–H and O–H groups in total. The van der Waals surface area contributed by atoms with Gasteiger partial charge in [-0.2, -0.15) is 0 Å². The number of benzene rings is 3. The standard InChI is InChI=1S/C26H20BrN5O5/c1-36-17-6-2-4-14(10-17)11-22(33)28-20-7-3-5-15-12-21(29-23(15)20)25(34)30-19-9-8-16(27)13-18(19)24-31-26(35)37-32-24/h2-10,12-13,29H,11H2,1H3,(H,28,33)(H,30,34)(H,31,32,35). The van der Waals surface area contributed by atoms with Crippen molar-refractivity contribution in [2.45, 2.75) is 6.42 Å². The number of methoxy groups -OCH3 is 1. The lowest BCUT2D eigenvalue weighted by atomic mass is 10.1. The van der Waals surface area contributed by atoms with E-state index < -0.39 is 11.7 Å². The number of rotatable bonds is 7. The second-order valence-electron chi connectivity index (χ2n) is 8.12. The number of para-hydroxylation sites is 1. The minimum atomic E-state index is -0.705. The maximum atomic E-state index is 13.1. The molecule has 0 radical (unpaired) electrons. The van der Waals surface area contributed by atoms with Gasteiger partial charge in [0.15, 0.2) is 5.82 Å². The lowest BCUT2D eigenvalue weighted by Crippen LogP contribution is -2.15. The Hall–Kier alpha value is -4.64. The van der Waals surface area contributed by atoms with Gasteiger partial charge in [-0.1, -0.05) is 45.4 Å². The van der Waals surface area contributed by atoms with Gasteiger partial charge in [0.25, 0.3) is 5.91 Å². The zero-order valence-corrected chi connectivity index (χ0v) is 21.0. The predicted octanol–water partition coefficient (Wildman–Crippen LogP) is 4.72. The normalized spacial score (nSPS) is 10.9. The van der Waals surface area contributed by atoms with E-state index in [0.29, 0.717) is 28.2 Å². The molecule has 0 fully saturated rings. The summed E-state index contributed by atoms with van der Waals surface area (Å²) >= 11 is 3.38. The number of nitrogens with zero attached hydrogens (tertiary/aromatic N) is 1. The Morgan fingerprint density at radius 1 is 1.00 bits per heavy atom. The number of carbonyl (C=O) groups is 2. The van der Waals surface area contributed by atoms with E-state index in [1.807, 2.05) is 30.3 Å². The van der Waals surface area contributed by atoms with Crippen molar-refractivity contribution in [3.8, 4) is 17.1 Å². The van der Waals surface area contributed by atoms with Crippen LogP contribution in [0.3, 0.4) is 0 Å². The summed E-state index contributed by atoms with van der Waals surface area (Å²) in [6, 6.07) is 19.5. The molecule has 10 nitrogen and oxygen atoms in total. The number of fused-ring (bicyclic) bond motifs is 1. The molecule has 3 aromatic carbocycles. The molecule has 0 unspecified atom stereocenters. The van der Waals surface area contributed by atoms with Crippen LogP contribution in [0.15, 0.2) is 80.5 Å². The topological polar surface area (TPSA) is 142 Å². The van der Waals surface area contributed by atoms with Crippen molar-refractivity contribution in [2.75, 3.05) is 17.7 Å². The van der Waals surface area contributed by atoms with Gasteiger partial charge in [0.1, 0.15) is 11.4 Å². The molecular weight excluding hydrogens is 542 g/mol. The zero-order chi connectivity index (χ0) is 25.9. The van der Waals surface area contributed by atoms with E-state index in [4.69, 9.17) is 4.74 Å². The summed E-state index contributed by atoms with van der Waals surface area (Å²) in [4.78, 5) is 42.8. The molecule has 5 aromatic rings. The fraction of sp³-hybridized carbons (Fsp3) is 0.0769. The summed E-state index contributed by atoms with van der Waals surface area (Å²) in [5.74, 6) is -0.471. The van der Waals surface area contributed by atoms with E-state index in [1.54, 1.807) is 43.5 Å². The molecule has 0 saturated carbocycles. The van der Waals surface area contributed by atoms with Crippen molar-refractivity contribution in [2.24, 2.45) is 0 Å². The lowest BCUT2D eigenvalue weighted by Gasteiger charge is -2.09. The molecule has 0 aliphatic rings. The van der Waals surface area contributed by atoms with Crippen molar-refractivity contribution in [3.63, 3.8) is 0 Å². The van der Waals surface area contributed by atoms with Crippen LogP contribution in [0.25, 0.3) is 22.3 Å². The van der Waals surface area contributed by atoms with Crippen LogP contribution in [0.2, 0.25) is 0 Å². The van der Waals surface area contributed by atoms with Crippen LogP contribution >= 0.6 is 15.9 Å². The van der Waals surface area contributed by atoms with Crippen LogP contribution < -0.4 is 21.1 Å². The van der Waals surface area contributed by atoms with Crippen LogP contribution in [0.4, 0.5) is 11.4 Å². The van der Waals surface area contributed by atoms with Crippen molar-refractivity contribution in [1.29, 1.82) is 0 Å². The number of hydrogen-bond acceptors (Lipinski definition) is 6. The molecule has 186 valence electrons. The number of nitrogens with one attached hydrogen (secondary N) is 4. The Kier molecular flexibility index (Phi) is 6.60. The van der Waals surface area contributed by atoms with E-state index in [9.17, 15) is 14.4 Å². The summed E-state index contributed by atoms with van der Waals surface area (Å²) in [5.41, 5.74) is 3.15. The van der Waals surface area contributed by atoms with Gasteiger partial charge in [-0.3, -0.25) is 19.1 Å². The molecule has 0 aliphatic carbocycles. The van der Waals surface area contributed by atoms with Crippen LogP contribution in [0, 0.1) is 0 Å². The van der Waals surface area contributed by atoms with Gasteiger partial charge in [0.05, 0.1) is 30.4 Å². The molecule has 0 atom stereocenters. The quantitative estimate of drug-likeness (QED) is 0.226. The fourth-order valence-electron chi connectivity index (χ4n) is 3.90. The van der Waals surface area contributed by atoms with Gasteiger partial charge in [-0.15, -0.1) is 0 Å². The van der Waals surface area contributed by atoms with E-state index in [-0.39, 0.29) is 23.8 Å². The smallest absolute Gasteiger partial charge is 0.439 e. The third-order valence-electron chi connectivity index (χ3n) is 5.60. The molecule has 37 heavy (non-hydrogen) atoms. The largest absolute Gasteiger partial charge is 0.497 e. The zero-order valence-electron chi connectivity index (χ0n) is 19.4. The van der Waals surface area contributed by atoms with Crippen LogP contribution in [0.1, 0.15) is 16.1 Å². The molecule has 2 aromatic heterocycles. The number of ether oxygens (including phenoxy) is 1. The molecule has 2 amide bonds. The maximum Gasteiger partial charge on any atom is 0.439 e. The first-order valence-corrected chi connectivity index (χ1v) is 11.9. The Morgan fingerprint density at radius 2 is 1.84 bits per heavy atom. The molecule has 0 saturated heterocycles. The molecule has 5 rings (SSSR count). The van der Waals surface area contributed by atoms with E-state index >= 15 is 0 Å². The van der Waals surface area contributed by atoms with Gasteiger partial charge < -0.3 is 20.4 Å². The van der Waals surface area contributed by atoms with Crippen molar-refractivity contribution >= 4 is 50.0 Å². The fourth-order valence-corrected chi connectivity index (χ4v) is 4.26.